The van der Waals surface area contributed by atoms with Crippen molar-refractivity contribution in [3.05, 3.63) is 24.3 Å². The summed E-state index contributed by atoms with van der Waals surface area (Å²) in [5.41, 5.74) is 7.31. The molecule has 5 nitrogen and oxygen atoms in total. The van der Waals surface area contributed by atoms with Gasteiger partial charge in [0.25, 0.3) is 0 Å². The minimum atomic E-state index is -3.28. The fraction of sp³-hybridized carbons (Fsp3) is 0.200. The smallest absolute Gasteiger partial charge is 0.191 e. The van der Waals surface area contributed by atoms with E-state index in [2.05, 4.69) is 9.59 Å². The number of rotatable bonds is 3. The lowest BCUT2D eigenvalue weighted by atomic mass is 10.2. The fourth-order valence-corrected chi connectivity index (χ4v) is 3.40. The van der Waals surface area contributed by atoms with Gasteiger partial charge in [-0.2, -0.15) is 0 Å². The molecule has 0 atom stereocenters. The lowest BCUT2D eigenvalue weighted by Crippen LogP contribution is -2.03. The molecule has 0 aliphatic heterocycles. The lowest BCUT2D eigenvalue weighted by Gasteiger charge is -2.01. The molecule has 2 aromatic rings. The molecule has 0 unspecified atom stereocenters. The van der Waals surface area contributed by atoms with E-state index in [-0.39, 0.29) is 9.96 Å². The Hall–Kier alpha value is -1.47. The third kappa shape index (κ3) is 2.29. The van der Waals surface area contributed by atoms with Crippen LogP contribution in [0.5, 0.6) is 0 Å². The third-order valence-electron chi connectivity index (χ3n) is 2.30. The number of sulfone groups is 1. The van der Waals surface area contributed by atoms with Gasteiger partial charge in [-0.3, -0.25) is 0 Å². The van der Waals surface area contributed by atoms with E-state index >= 15 is 0 Å². The molecule has 1 heterocycles. The van der Waals surface area contributed by atoms with Gasteiger partial charge >= 0.3 is 0 Å². The zero-order valence-corrected chi connectivity index (χ0v) is 10.8. The van der Waals surface area contributed by atoms with Crippen molar-refractivity contribution in [1.29, 1.82) is 0 Å². The van der Waals surface area contributed by atoms with Crippen molar-refractivity contribution in [2.75, 3.05) is 11.5 Å². The molecular weight excluding hydrogens is 258 g/mol. The van der Waals surface area contributed by atoms with Crippen LogP contribution in [0.1, 0.15) is 6.92 Å². The predicted molar refractivity (Wildman–Crippen MR) is 67.5 cm³/mol. The Kier molecular flexibility index (Phi) is 3.12. The Labute approximate surface area is 103 Å². The quantitative estimate of drug-likeness (QED) is 0.855. The first-order valence-electron chi connectivity index (χ1n) is 4.95. The van der Waals surface area contributed by atoms with Crippen molar-refractivity contribution in [2.45, 2.75) is 11.1 Å². The highest BCUT2D eigenvalue weighted by molar-refractivity contribution is 7.93. The summed E-state index contributed by atoms with van der Waals surface area (Å²) in [6.45, 7) is 1.60. The summed E-state index contributed by atoms with van der Waals surface area (Å²) >= 11 is 0.900. The van der Waals surface area contributed by atoms with Gasteiger partial charge < -0.3 is 5.73 Å². The van der Waals surface area contributed by atoms with E-state index in [1.165, 1.54) is 0 Å². The largest absolute Gasteiger partial charge is 0.399 e. The van der Waals surface area contributed by atoms with Crippen LogP contribution in [0.4, 0.5) is 5.69 Å². The van der Waals surface area contributed by atoms with Crippen LogP contribution in [0, 0.1) is 0 Å². The summed E-state index contributed by atoms with van der Waals surface area (Å²) in [7, 11) is -3.28. The van der Waals surface area contributed by atoms with E-state index in [0.29, 0.717) is 16.9 Å². The summed E-state index contributed by atoms with van der Waals surface area (Å²) in [5.74, 6) is 0.0405. The molecule has 0 radical (unpaired) electrons. The van der Waals surface area contributed by atoms with E-state index in [4.69, 9.17) is 5.73 Å². The van der Waals surface area contributed by atoms with Gasteiger partial charge in [-0.25, -0.2) is 8.42 Å². The van der Waals surface area contributed by atoms with E-state index < -0.39 is 9.84 Å². The van der Waals surface area contributed by atoms with Crippen molar-refractivity contribution in [3.63, 3.8) is 0 Å². The third-order valence-corrected chi connectivity index (χ3v) is 5.33. The van der Waals surface area contributed by atoms with Gasteiger partial charge in [0.1, 0.15) is 5.69 Å². The summed E-state index contributed by atoms with van der Waals surface area (Å²) in [5, 5.41) is 3.88. The first-order valence-corrected chi connectivity index (χ1v) is 7.38. The van der Waals surface area contributed by atoms with Crippen LogP contribution >= 0.6 is 11.5 Å². The van der Waals surface area contributed by atoms with Crippen LogP contribution in [0.15, 0.2) is 28.5 Å². The number of hydrogen-bond acceptors (Lipinski definition) is 6. The average Bonchev–Trinajstić information content (AvgIpc) is 2.80. The molecule has 0 fully saturated rings. The Morgan fingerprint density at radius 3 is 2.53 bits per heavy atom. The van der Waals surface area contributed by atoms with Crippen molar-refractivity contribution >= 4 is 27.1 Å². The van der Waals surface area contributed by atoms with Crippen molar-refractivity contribution < 1.29 is 8.42 Å². The maximum absolute atomic E-state index is 11.8. The number of nitrogens with zero attached hydrogens (tertiary/aromatic N) is 2. The lowest BCUT2D eigenvalue weighted by molar-refractivity contribution is 0.599. The van der Waals surface area contributed by atoms with Crippen LogP contribution in [0.25, 0.3) is 11.3 Å². The molecule has 1 aromatic carbocycles. The second kappa shape index (κ2) is 4.42. The summed E-state index contributed by atoms with van der Waals surface area (Å²) < 4.78 is 27.6. The molecule has 0 spiro atoms. The van der Waals surface area contributed by atoms with Crippen LogP contribution < -0.4 is 5.73 Å². The number of aromatic nitrogens is 2. The normalized spacial score (nSPS) is 11.6. The predicted octanol–water partition coefficient (Wildman–Crippen LogP) is 1.58. The molecule has 17 heavy (non-hydrogen) atoms. The van der Waals surface area contributed by atoms with Crippen molar-refractivity contribution in [1.82, 2.24) is 9.59 Å². The number of anilines is 1. The molecule has 90 valence electrons. The molecule has 0 bridgehead atoms. The highest BCUT2D eigenvalue weighted by Gasteiger charge is 2.21. The monoisotopic (exact) mass is 269 g/mol. The Balaban J connectivity index is 2.55. The summed E-state index contributed by atoms with van der Waals surface area (Å²) in [6.07, 6.45) is 0. The van der Waals surface area contributed by atoms with Gasteiger partial charge in [0.05, 0.1) is 5.75 Å². The number of nitrogens with two attached hydrogens (primary N) is 1. The molecule has 2 N–H and O–H groups in total. The highest BCUT2D eigenvalue weighted by atomic mass is 32.2. The van der Waals surface area contributed by atoms with Gasteiger partial charge in [0, 0.05) is 22.8 Å². The molecule has 7 heteroatoms. The van der Waals surface area contributed by atoms with E-state index in [0.717, 1.165) is 11.5 Å². The number of benzene rings is 1. The SMILES string of the molecule is CCS(=O)(=O)c1snnc1-c1ccc(N)cc1. The van der Waals surface area contributed by atoms with Gasteiger partial charge in [-0.1, -0.05) is 23.5 Å². The standard InChI is InChI=1S/C10H11N3O2S2/c1-2-17(14,15)10-9(12-13-16-10)7-3-5-8(11)6-4-7/h3-6H,2,11H2,1H3. The maximum atomic E-state index is 11.8. The molecule has 0 aliphatic rings. The highest BCUT2D eigenvalue weighted by Crippen LogP contribution is 2.29. The molecule has 2 rings (SSSR count). The topological polar surface area (TPSA) is 85.9 Å². The van der Waals surface area contributed by atoms with Gasteiger partial charge in [-0.15, -0.1) is 5.10 Å². The first-order chi connectivity index (χ1) is 8.04. The summed E-state index contributed by atoms with van der Waals surface area (Å²) in [6, 6.07) is 6.88. The number of hydrogen-bond donors (Lipinski definition) is 1. The van der Waals surface area contributed by atoms with E-state index in [1.54, 1.807) is 31.2 Å². The second-order valence-corrected chi connectivity index (χ2v) is 6.66. The second-order valence-electron chi connectivity index (χ2n) is 3.43. The Bertz CT molecular complexity index is 617. The van der Waals surface area contributed by atoms with Crippen LogP contribution in [-0.4, -0.2) is 23.8 Å². The number of nitrogen functional groups attached to an aromatic ring is 1. The van der Waals surface area contributed by atoms with Gasteiger partial charge in [0.2, 0.25) is 0 Å². The van der Waals surface area contributed by atoms with Gasteiger partial charge in [0.15, 0.2) is 14.0 Å². The van der Waals surface area contributed by atoms with Crippen LogP contribution in [0.2, 0.25) is 0 Å². The van der Waals surface area contributed by atoms with Crippen molar-refractivity contribution in [3.8, 4) is 11.3 Å². The molecule has 0 aliphatic carbocycles. The van der Waals surface area contributed by atoms with Crippen LogP contribution in [0.3, 0.4) is 0 Å². The average molecular weight is 269 g/mol. The first kappa shape index (κ1) is 12.0. The minimum absolute atomic E-state index is 0.0405. The molecular formula is C10H11N3O2S2. The summed E-state index contributed by atoms with van der Waals surface area (Å²) in [4.78, 5) is 0. The van der Waals surface area contributed by atoms with Crippen molar-refractivity contribution in [2.24, 2.45) is 0 Å². The Morgan fingerprint density at radius 2 is 1.94 bits per heavy atom. The molecule has 0 saturated carbocycles. The maximum Gasteiger partial charge on any atom is 0.191 e. The molecule has 1 aromatic heterocycles. The van der Waals surface area contributed by atoms with Crippen LogP contribution in [-0.2, 0) is 9.84 Å². The Morgan fingerprint density at radius 1 is 1.29 bits per heavy atom. The van der Waals surface area contributed by atoms with Gasteiger partial charge in [-0.05, 0) is 12.1 Å². The van der Waals surface area contributed by atoms with E-state index in [1.807, 2.05) is 0 Å². The fourth-order valence-electron chi connectivity index (χ4n) is 1.33. The molecule has 0 amide bonds. The minimum Gasteiger partial charge on any atom is -0.399 e. The van der Waals surface area contributed by atoms with E-state index in [9.17, 15) is 8.42 Å². The molecule has 0 saturated heterocycles. The zero-order chi connectivity index (χ0) is 12.5. The zero-order valence-electron chi connectivity index (χ0n) is 9.12.